The SMILES string of the molecule is CCC1=CS/C(=C(/C#N)c2ccnc(NCCC(=O)OC)n2)N1. The third-order valence-corrected chi connectivity index (χ3v) is 4.01. The summed E-state index contributed by atoms with van der Waals surface area (Å²) >= 11 is 1.48. The van der Waals surface area contributed by atoms with Gasteiger partial charge < -0.3 is 15.4 Å². The summed E-state index contributed by atoms with van der Waals surface area (Å²) in [6.07, 6.45) is 2.67. The number of nitrogens with one attached hydrogen (secondary N) is 2. The highest BCUT2D eigenvalue weighted by Crippen LogP contribution is 2.31. The van der Waals surface area contributed by atoms with Gasteiger partial charge in [-0.2, -0.15) is 5.26 Å². The zero-order valence-corrected chi connectivity index (χ0v) is 13.7. The van der Waals surface area contributed by atoms with Crippen molar-refractivity contribution < 1.29 is 9.53 Å². The summed E-state index contributed by atoms with van der Waals surface area (Å²) < 4.78 is 4.57. The number of ether oxygens (including phenoxy) is 1. The minimum atomic E-state index is -0.307. The lowest BCUT2D eigenvalue weighted by atomic mass is 10.2. The van der Waals surface area contributed by atoms with Crippen LogP contribution >= 0.6 is 11.8 Å². The molecule has 0 spiro atoms. The number of nitriles is 1. The summed E-state index contributed by atoms with van der Waals surface area (Å²) in [6.45, 7) is 2.41. The van der Waals surface area contributed by atoms with Crippen LogP contribution < -0.4 is 10.6 Å². The summed E-state index contributed by atoms with van der Waals surface area (Å²) in [7, 11) is 1.34. The van der Waals surface area contributed by atoms with Crippen molar-refractivity contribution in [2.24, 2.45) is 0 Å². The van der Waals surface area contributed by atoms with Crippen LogP contribution in [0, 0.1) is 11.3 Å². The molecule has 23 heavy (non-hydrogen) atoms. The Labute approximate surface area is 138 Å². The molecule has 1 aliphatic rings. The van der Waals surface area contributed by atoms with Crippen LogP contribution in [0.3, 0.4) is 0 Å². The highest BCUT2D eigenvalue weighted by Gasteiger charge is 2.16. The van der Waals surface area contributed by atoms with Gasteiger partial charge in [0, 0.05) is 18.4 Å². The van der Waals surface area contributed by atoms with Crippen LogP contribution in [0.4, 0.5) is 5.95 Å². The number of rotatable bonds is 6. The Morgan fingerprint density at radius 3 is 3.04 bits per heavy atom. The highest BCUT2D eigenvalue weighted by molar-refractivity contribution is 8.06. The second kappa shape index (κ2) is 8.19. The molecule has 2 rings (SSSR count). The average molecular weight is 331 g/mol. The highest BCUT2D eigenvalue weighted by atomic mass is 32.2. The molecule has 2 N–H and O–H groups in total. The summed E-state index contributed by atoms with van der Waals surface area (Å²) in [4.78, 5) is 19.5. The first-order chi connectivity index (χ1) is 11.2. The van der Waals surface area contributed by atoms with Crippen LogP contribution in [0.5, 0.6) is 0 Å². The summed E-state index contributed by atoms with van der Waals surface area (Å²) in [5.41, 5.74) is 2.07. The van der Waals surface area contributed by atoms with Gasteiger partial charge in [0.1, 0.15) is 11.6 Å². The third-order valence-electron chi connectivity index (χ3n) is 3.06. The van der Waals surface area contributed by atoms with Gasteiger partial charge >= 0.3 is 5.97 Å². The first-order valence-corrected chi connectivity index (χ1v) is 7.97. The van der Waals surface area contributed by atoms with Gasteiger partial charge in [0.2, 0.25) is 5.95 Å². The molecule has 0 bridgehead atoms. The molecule has 0 unspecified atom stereocenters. The van der Waals surface area contributed by atoms with Crippen molar-refractivity contribution in [3.63, 3.8) is 0 Å². The molecule has 1 aromatic rings. The monoisotopic (exact) mass is 331 g/mol. The van der Waals surface area contributed by atoms with E-state index in [2.05, 4.69) is 31.4 Å². The van der Waals surface area contributed by atoms with Crippen LogP contribution in [-0.2, 0) is 9.53 Å². The zero-order chi connectivity index (χ0) is 16.7. The van der Waals surface area contributed by atoms with Crippen molar-refractivity contribution >= 4 is 29.3 Å². The van der Waals surface area contributed by atoms with Crippen molar-refractivity contribution in [1.82, 2.24) is 15.3 Å². The van der Waals surface area contributed by atoms with Crippen LogP contribution in [0.15, 0.2) is 28.4 Å². The van der Waals surface area contributed by atoms with E-state index in [1.54, 1.807) is 12.3 Å². The van der Waals surface area contributed by atoms with E-state index >= 15 is 0 Å². The van der Waals surface area contributed by atoms with Gasteiger partial charge in [-0.1, -0.05) is 18.7 Å². The van der Waals surface area contributed by atoms with Gasteiger partial charge in [0.25, 0.3) is 0 Å². The minimum Gasteiger partial charge on any atom is -0.469 e. The predicted octanol–water partition coefficient (Wildman–Crippen LogP) is 2.23. The van der Waals surface area contributed by atoms with Gasteiger partial charge in [-0.05, 0) is 17.9 Å². The quantitative estimate of drug-likeness (QED) is 0.604. The molecule has 0 saturated carbocycles. The molecular formula is C15H17N5O2S. The number of anilines is 1. The standard InChI is InChI=1S/C15H17N5O2S/c1-3-10-9-23-14(19-10)11(8-16)12-4-6-17-15(20-12)18-7-5-13(21)22-2/h4,6,9,19H,3,5,7H2,1-2H3,(H,17,18,20)/b14-11-. The van der Waals surface area contributed by atoms with Crippen LogP contribution in [0.2, 0.25) is 0 Å². The largest absolute Gasteiger partial charge is 0.469 e. The van der Waals surface area contributed by atoms with E-state index in [0.29, 0.717) is 23.8 Å². The van der Waals surface area contributed by atoms with Crippen molar-refractivity contribution in [2.45, 2.75) is 19.8 Å². The van der Waals surface area contributed by atoms with E-state index in [-0.39, 0.29) is 12.4 Å². The number of hydrogen-bond donors (Lipinski definition) is 2. The average Bonchev–Trinajstić information content (AvgIpc) is 3.04. The molecule has 0 amide bonds. The van der Waals surface area contributed by atoms with Crippen molar-refractivity contribution in [1.29, 1.82) is 5.26 Å². The minimum absolute atomic E-state index is 0.220. The van der Waals surface area contributed by atoms with E-state index in [1.165, 1.54) is 18.9 Å². The molecule has 1 aromatic heterocycles. The molecule has 0 radical (unpaired) electrons. The molecule has 0 aromatic carbocycles. The predicted molar refractivity (Wildman–Crippen MR) is 88.8 cm³/mol. The van der Waals surface area contributed by atoms with Gasteiger partial charge in [0.15, 0.2) is 0 Å². The number of methoxy groups -OCH3 is 1. The van der Waals surface area contributed by atoms with Crippen molar-refractivity contribution in [2.75, 3.05) is 19.0 Å². The zero-order valence-electron chi connectivity index (χ0n) is 12.9. The topological polar surface area (TPSA) is 99.9 Å². The van der Waals surface area contributed by atoms with E-state index < -0.39 is 0 Å². The van der Waals surface area contributed by atoms with Gasteiger partial charge in [-0.3, -0.25) is 4.79 Å². The lowest BCUT2D eigenvalue weighted by Gasteiger charge is -2.08. The molecule has 0 aliphatic carbocycles. The number of thioether (sulfide) groups is 1. The Morgan fingerprint density at radius 2 is 2.39 bits per heavy atom. The fourth-order valence-corrected chi connectivity index (χ4v) is 2.76. The lowest BCUT2D eigenvalue weighted by molar-refractivity contribution is -0.140. The summed E-state index contributed by atoms with van der Waals surface area (Å²) in [6, 6.07) is 3.87. The maximum absolute atomic E-state index is 11.1. The fourth-order valence-electron chi connectivity index (χ4n) is 1.81. The summed E-state index contributed by atoms with van der Waals surface area (Å²) in [5, 5.41) is 18.4. The number of nitrogens with zero attached hydrogens (tertiary/aromatic N) is 3. The van der Waals surface area contributed by atoms with Gasteiger partial charge in [-0.15, -0.1) is 0 Å². The molecule has 8 heteroatoms. The first-order valence-electron chi connectivity index (χ1n) is 7.09. The molecule has 2 heterocycles. The Morgan fingerprint density at radius 1 is 1.57 bits per heavy atom. The third kappa shape index (κ3) is 4.47. The van der Waals surface area contributed by atoms with E-state index in [9.17, 15) is 10.1 Å². The first kappa shape index (κ1) is 16.8. The van der Waals surface area contributed by atoms with Crippen LogP contribution in [0.1, 0.15) is 25.5 Å². The van der Waals surface area contributed by atoms with E-state index in [4.69, 9.17) is 0 Å². The Balaban J connectivity index is 2.11. The second-order valence-electron chi connectivity index (χ2n) is 4.57. The molecule has 120 valence electrons. The number of carbonyl (C=O) groups excluding carboxylic acids is 1. The number of carbonyl (C=O) groups is 1. The Hall–Kier alpha value is -2.53. The molecular weight excluding hydrogens is 314 g/mol. The number of hydrogen-bond acceptors (Lipinski definition) is 8. The number of aromatic nitrogens is 2. The normalized spacial score (nSPS) is 15.3. The van der Waals surface area contributed by atoms with E-state index in [0.717, 1.165) is 17.1 Å². The maximum atomic E-state index is 11.1. The smallest absolute Gasteiger partial charge is 0.307 e. The van der Waals surface area contributed by atoms with Gasteiger partial charge in [-0.25, -0.2) is 9.97 Å². The molecule has 0 saturated heterocycles. The van der Waals surface area contributed by atoms with Crippen LogP contribution in [0.25, 0.3) is 5.57 Å². The molecule has 0 atom stereocenters. The number of esters is 1. The summed E-state index contributed by atoms with van der Waals surface area (Å²) in [5.74, 6) is 0.0598. The maximum Gasteiger partial charge on any atom is 0.307 e. The van der Waals surface area contributed by atoms with Crippen molar-refractivity contribution in [3.8, 4) is 6.07 Å². The molecule has 7 nitrogen and oxygen atoms in total. The van der Waals surface area contributed by atoms with E-state index in [1.807, 2.05) is 12.3 Å². The fraction of sp³-hybridized carbons (Fsp3) is 0.333. The van der Waals surface area contributed by atoms with Crippen molar-refractivity contribution in [3.05, 3.63) is 34.1 Å². The Kier molecular flexibility index (Phi) is 6.00. The number of allylic oxidation sites excluding steroid dienone is 2. The molecule has 0 fully saturated rings. The van der Waals surface area contributed by atoms with Crippen LogP contribution in [-0.4, -0.2) is 29.6 Å². The Bertz CT molecular complexity index is 693. The molecule has 1 aliphatic heterocycles. The lowest BCUT2D eigenvalue weighted by Crippen LogP contribution is -2.12. The van der Waals surface area contributed by atoms with Gasteiger partial charge in [0.05, 0.1) is 24.3 Å². The second-order valence-corrected chi connectivity index (χ2v) is 5.45.